The lowest BCUT2D eigenvalue weighted by atomic mass is 10.1. The normalized spacial score (nSPS) is 13.1. The third-order valence-electron chi connectivity index (χ3n) is 4.48. The summed E-state index contributed by atoms with van der Waals surface area (Å²) in [7, 11) is 1.88. The van der Waals surface area contributed by atoms with E-state index in [1.807, 2.05) is 29.9 Å². The van der Waals surface area contributed by atoms with Crippen LogP contribution >= 0.6 is 11.8 Å². The Bertz CT molecular complexity index is 1020. The minimum absolute atomic E-state index is 0.279. The topological polar surface area (TPSA) is 50.2 Å². The van der Waals surface area contributed by atoms with Crippen LogP contribution in [0.5, 0.6) is 0 Å². The molecule has 1 aliphatic heterocycles. The smallest absolute Gasteiger partial charge is 0.255 e. The van der Waals surface area contributed by atoms with Gasteiger partial charge in [0.15, 0.2) is 5.16 Å². The molecule has 0 spiro atoms. The number of halogens is 1. The van der Waals surface area contributed by atoms with Gasteiger partial charge in [0.2, 0.25) is 0 Å². The fraction of sp³-hybridized carbons (Fsp3) is 0.143. The summed E-state index contributed by atoms with van der Waals surface area (Å²) in [6.45, 7) is 1.76. The summed E-state index contributed by atoms with van der Waals surface area (Å²) >= 11 is 1.37. The molecule has 7 heteroatoms. The van der Waals surface area contributed by atoms with Gasteiger partial charge in [-0.05, 0) is 54.2 Å². The molecule has 3 aromatic rings. The molecule has 1 aliphatic rings. The fourth-order valence-corrected chi connectivity index (χ4v) is 3.82. The standard InChI is InChI=1S/C21H19FN4OS/c1-25-13-10-23-21(25)28-19-9-6-16(22)14-18(19)24-20(27)15-4-7-17(8-5-15)26-11-2-3-12-26/h2-10,13-14H,11-12H2,1H3,(H,24,27). The monoisotopic (exact) mass is 394 g/mol. The van der Waals surface area contributed by atoms with E-state index in [2.05, 4.69) is 27.4 Å². The molecule has 0 bridgehead atoms. The number of rotatable bonds is 5. The van der Waals surface area contributed by atoms with E-state index in [0.717, 1.165) is 28.8 Å². The second kappa shape index (κ2) is 7.90. The fourth-order valence-electron chi connectivity index (χ4n) is 2.94. The summed E-state index contributed by atoms with van der Waals surface area (Å²) in [5.41, 5.74) is 2.01. The first-order valence-electron chi connectivity index (χ1n) is 8.86. The molecule has 5 nitrogen and oxygen atoms in total. The Hall–Kier alpha value is -3.06. The largest absolute Gasteiger partial charge is 0.364 e. The molecule has 1 amide bonds. The molecule has 0 radical (unpaired) electrons. The Balaban J connectivity index is 1.52. The van der Waals surface area contributed by atoms with Gasteiger partial charge < -0.3 is 14.8 Å². The number of carbonyl (C=O) groups excluding carboxylic acids is 1. The lowest BCUT2D eigenvalue weighted by Crippen LogP contribution is -2.19. The lowest BCUT2D eigenvalue weighted by molar-refractivity contribution is 0.102. The van der Waals surface area contributed by atoms with Crippen LogP contribution in [0.4, 0.5) is 15.8 Å². The van der Waals surface area contributed by atoms with Crippen molar-refractivity contribution in [3.8, 4) is 0 Å². The third-order valence-corrected chi connectivity index (χ3v) is 5.63. The highest BCUT2D eigenvalue weighted by Crippen LogP contribution is 2.33. The zero-order valence-corrected chi connectivity index (χ0v) is 16.1. The van der Waals surface area contributed by atoms with Crippen molar-refractivity contribution in [2.75, 3.05) is 23.3 Å². The minimum Gasteiger partial charge on any atom is -0.364 e. The second-order valence-corrected chi connectivity index (χ2v) is 7.45. The summed E-state index contributed by atoms with van der Waals surface area (Å²) in [4.78, 5) is 19.9. The molecule has 0 aliphatic carbocycles. The van der Waals surface area contributed by atoms with E-state index < -0.39 is 5.82 Å². The molecule has 142 valence electrons. The van der Waals surface area contributed by atoms with Gasteiger partial charge in [-0.1, -0.05) is 12.2 Å². The van der Waals surface area contributed by atoms with Gasteiger partial charge in [-0.15, -0.1) is 0 Å². The number of anilines is 2. The van der Waals surface area contributed by atoms with Crippen LogP contribution < -0.4 is 10.2 Å². The van der Waals surface area contributed by atoms with Gasteiger partial charge in [-0.25, -0.2) is 9.37 Å². The highest BCUT2D eigenvalue weighted by molar-refractivity contribution is 7.99. The molecule has 1 N–H and O–H groups in total. The highest BCUT2D eigenvalue weighted by Gasteiger charge is 2.14. The Labute approximate surface area is 166 Å². The molecule has 28 heavy (non-hydrogen) atoms. The first-order valence-corrected chi connectivity index (χ1v) is 9.68. The van der Waals surface area contributed by atoms with E-state index in [0.29, 0.717) is 11.3 Å². The molecule has 0 unspecified atom stereocenters. The van der Waals surface area contributed by atoms with Gasteiger partial charge >= 0.3 is 0 Å². The zero-order chi connectivity index (χ0) is 19.5. The van der Waals surface area contributed by atoms with Crippen LogP contribution in [0.1, 0.15) is 10.4 Å². The lowest BCUT2D eigenvalue weighted by Gasteiger charge is -2.18. The number of nitrogens with zero attached hydrogens (tertiary/aromatic N) is 3. The van der Waals surface area contributed by atoms with Crippen molar-refractivity contribution in [1.82, 2.24) is 9.55 Å². The van der Waals surface area contributed by atoms with E-state index in [4.69, 9.17) is 0 Å². The molecule has 2 aromatic carbocycles. The second-order valence-electron chi connectivity index (χ2n) is 6.44. The molecule has 4 rings (SSSR count). The quantitative estimate of drug-likeness (QED) is 0.654. The first kappa shape index (κ1) is 18.3. The number of aromatic nitrogens is 2. The van der Waals surface area contributed by atoms with Crippen LogP contribution in [0.25, 0.3) is 0 Å². The summed E-state index contributed by atoms with van der Waals surface area (Å²) in [5.74, 6) is -0.685. The van der Waals surface area contributed by atoms with Crippen molar-refractivity contribution in [1.29, 1.82) is 0 Å². The van der Waals surface area contributed by atoms with Gasteiger partial charge in [0.25, 0.3) is 5.91 Å². The van der Waals surface area contributed by atoms with Crippen molar-refractivity contribution in [3.05, 3.63) is 78.4 Å². The van der Waals surface area contributed by atoms with Crippen molar-refractivity contribution in [2.45, 2.75) is 10.1 Å². The summed E-state index contributed by atoms with van der Waals surface area (Å²) in [6, 6.07) is 11.8. The average Bonchev–Trinajstić information content (AvgIpc) is 3.36. The van der Waals surface area contributed by atoms with E-state index in [-0.39, 0.29) is 5.91 Å². The molecular weight excluding hydrogens is 375 g/mol. The van der Waals surface area contributed by atoms with Crippen LogP contribution in [-0.2, 0) is 7.05 Å². The Morgan fingerprint density at radius 2 is 1.89 bits per heavy atom. The van der Waals surface area contributed by atoms with Crippen LogP contribution in [-0.4, -0.2) is 28.5 Å². The minimum atomic E-state index is -0.406. The van der Waals surface area contributed by atoms with Gasteiger partial charge in [0.1, 0.15) is 5.82 Å². The maximum atomic E-state index is 13.8. The first-order chi connectivity index (χ1) is 13.6. The van der Waals surface area contributed by atoms with Gasteiger partial charge in [-0.3, -0.25) is 4.79 Å². The van der Waals surface area contributed by atoms with E-state index in [1.54, 1.807) is 24.4 Å². The average molecular weight is 394 g/mol. The van der Waals surface area contributed by atoms with Crippen molar-refractivity contribution in [3.63, 3.8) is 0 Å². The van der Waals surface area contributed by atoms with E-state index >= 15 is 0 Å². The van der Waals surface area contributed by atoms with Crippen molar-refractivity contribution >= 4 is 29.0 Å². The molecule has 0 fully saturated rings. The number of carbonyl (C=O) groups is 1. The summed E-state index contributed by atoms with van der Waals surface area (Å²) in [6.07, 6.45) is 7.76. The number of aryl methyl sites for hydroxylation is 1. The molecule has 0 atom stereocenters. The molecule has 2 heterocycles. The molecular formula is C21H19FN4OS. The Morgan fingerprint density at radius 1 is 1.14 bits per heavy atom. The molecule has 1 aromatic heterocycles. The number of imidazole rings is 1. The zero-order valence-electron chi connectivity index (χ0n) is 15.3. The number of nitrogens with one attached hydrogen (secondary N) is 1. The summed E-state index contributed by atoms with van der Waals surface area (Å²) < 4.78 is 15.7. The van der Waals surface area contributed by atoms with Gasteiger partial charge in [-0.2, -0.15) is 0 Å². The van der Waals surface area contributed by atoms with Gasteiger partial charge in [0, 0.05) is 48.7 Å². The van der Waals surface area contributed by atoms with Crippen LogP contribution in [0, 0.1) is 5.82 Å². The molecule has 0 saturated heterocycles. The Morgan fingerprint density at radius 3 is 2.57 bits per heavy atom. The predicted molar refractivity (Wildman–Crippen MR) is 109 cm³/mol. The predicted octanol–water partition coefficient (Wildman–Crippen LogP) is 4.34. The van der Waals surface area contributed by atoms with Crippen LogP contribution in [0.2, 0.25) is 0 Å². The number of benzene rings is 2. The molecule has 0 saturated carbocycles. The maximum absolute atomic E-state index is 13.8. The number of hydrogen-bond acceptors (Lipinski definition) is 4. The SMILES string of the molecule is Cn1ccnc1Sc1ccc(F)cc1NC(=O)c1ccc(N2CC=CC2)cc1. The maximum Gasteiger partial charge on any atom is 0.255 e. The third kappa shape index (κ3) is 3.94. The van der Waals surface area contributed by atoms with Crippen LogP contribution in [0.15, 0.2) is 77.1 Å². The van der Waals surface area contributed by atoms with Crippen molar-refractivity contribution in [2.24, 2.45) is 7.05 Å². The van der Waals surface area contributed by atoms with E-state index in [9.17, 15) is 9.18 Å². The van der Waals surface area contributed by atoms with E-state index in [1.165, 1.54) is 23.9 Å². The van der Waals surface area contributed by atoms with Crippen LogP contribution in [0.3, 0.4) is 0 Å². The number of amides is 1. The van der Waals surface area contributed by atoms with Crippen molar-refractivity contribution < 1.29 is 9.18 Å². The summed E-state index contributed by atoms with van der Waals surface area (Å²) in [5, 5.41) is 3.58. The highest BCUT2D eigenvalue weighted by atomic mass is 32.2. The Kier molecular flexibility index (Phi) is 5.16. The van der Waals surface area contributed by atoms with Gasteiger partial charge in [0.05, 0.1) is 5.69 Å². The number of hydrogen-bond donors (Lipinski definition) is 1.